The van der Waals surface area contributed by atoms with Gasteiger partial charge in [-0.15, -0.1) is 0 Å². The normalized spacial score (nSPS) is 11.2. The number of para-hydroxylation sites is 1. The van der Waals surface area contributed by atoms with E-state index in [9.17, 15) is 13.6 Å². The van der Waals surface area contributed by atoms with Crippen LogP contribution in [0, 0.1) is 11.6 Å². The van der Waals surface area contributed by atoms with Gasteiger partial charge in [0, 0.05) is 47.5 Å². The lowest BCUT2D eigenvalue weighted by atomic mass is 10.0. The van der Waals surface area contributed by atoms with Gasteiger partial charge in [0.1, 0.15) is 23.2 Å². The van der Waals surface area contributed by atoms with Crippen LogP contribution in [0.15, 0.2) is 79.0 Å². The molecule has 0 atom stereocenters. The number of benzene rings is 3. The van der Waals surface area contributed by atoms with E-state index in [2.05, 4.69) is 15.0 Å². The summed E-state index contributed by atoms with van der Waals surface area (Å²) in [7, 11) is 0. The fraction of sp³-hybridized carbons (Fsp3) is 0.111. The Morgan fingerprint density at radius 3 is 2.39 bits per heavy atom. The first-order valence-electron chi connectivity index (χ1n) is 10.7. The number of carbonyl (C=O) groups is 1. The second-order valence-electron chi connectivity index (χ2n) is 8.00. The standard InChI is InChI=1S/C27H21F2N3O/c28-20-7-3-5-17(13-20)26-27(18-6-4-8-21(29)14-18)32-25(31-26)12-11-22(33)15-19-16-30-24-10-2-1-9-23(19)24/h1-10,13-14,16,30H,11-12,15H2,(H,31,32). The zero-order chi connectivity index (χ0) is 22.8. The number of aromatic nitrogens is 3. The molecule has 33 heavy (non-hydrogen) atoms. The van der Waals surface area contributed by atoms with Crippen molar-refractivity contribution < 1.29 is 13.6 Å². The monoisotopic (exact) mass is 441 g/mol. The summed E-state index contributed by atoms with van der Waals surface area (Å²) in [5, 5.41) is 1.05. The Morgan fingerprint density at radius 2 is 1.61 bits per heavy atom. The number of fused-ring (bicyclic) bond motifs is 1. The van der Waals surface area contributed by atoms with Gasteiger partial charge < -0.3 is 9.97 Å². The van der Waals surface area contributed by atoms with Gasteiger partial charge in [0.25, 0.3) is 0 Å². The van der Waals surface area contributed by atoms with Gasteiger partial charge in [-0.25, -0.2) is 13.8 Å². The molecule has 0 unspecified atom stereocenters. The smallest absolute Gasteiger partial charge is 0.137 e. The number of H-pyrrole nitrogens is 2. The molecule has 2 N–H and O–H groups in total. The van der Waals surface area contributed by atoms with Gasteiger partial charge >= 0.3 is 0 Å². The molecule has 6 heteroatoms. The molecule has 5 aromatic rings. The molecule has 0 aliphatic heterocycles. The zero-order valence-electron chi connectivity index (χ0n) is 17.7. The number of nitrogens with one attached hydrogen (secondary N) is 2. The maximum absolute atomic E-state index is 13.9. The van der Waals surface area contributed by atoms with E-state index in [0.29, 0.717) is 47.6 Å². The predicted molar refractivity (Wildman–Crippen MR) is 125 cm³/mol. The van der Waals surface area contributed by atoms with Crippen LogP contribution in [0.4, 0.5) is 8.78 Å². The Bertz CT molecular complexity index is 1390. The van der Waals surface area contributed by atoms with Crippen LogP contribution in [0.1, 0.15) is 17.8 Å². The molecule has 0 saturated carbocycles. The third-order valence-electron chi connectivity index (χ3n) is 5.67. The zero-order valence-corrected chi connectivity index (χ0v) is 17.7. The van der Waals surface area contributed by atoms with Crippen LogP contribution in [0.2, 0.25) is 0 Å². The quantitative estimate of drug-likeness (QED) is 0.314. The number of halogens is 2. The molecule has 0 radical (unpaired) electrons. The van der Waals surface area contributed by atoms with Gasteiger partial charge in [0.15, 0.2) is 0 Å². The summed E-state index contributed by atoms with van der Waals surface area (Å²) in [6, 6.07) is 20.2. The van der Waals surface area contributed by atoms with Crippen LogP contribution < -0.4 is 0 Å². The van der Waals surface area contributed by atoms with E-state index >= 15 is 0 Å². The number of hydrogen-bond acceptors (Lipinski definition) is 2. The summed E-state index contributed by atoms with van der Waals surface area (Å²) in [4.78, 5) is 23.8. The molecule has 0 saturated heterocycles. The fourth-order valence-electron chi connectivity index (χ4n) is 4.07. The predicted octanol–water partition coefficient (Wildman–Crippen LogP) is 6.25. The topological polar surface area (TPSA) is 61.5 Å². The number of aromatic amines is 2. The minimum Gasteiger partial charge on any atom is -0.361 e. The van der Waals surface area contributed by atoms with Crippen molar-refractivity contribution in [3.05, 3.63) is 102 Å². The van der Waals surface area contributed by atoms with Crippen molar-refractivity contribution in [3.8, 4) is 22.5 Å². The SMILES string of the molecule is O=C(CCc1nc(-c2cccc(F)c2)c(-c2cccc(F)c2)[nH]1)Cc1c[nH]c2ccccc12. The number of rotatable bonds is 7. The molecule has 3 aromatic carbocycles. The highest BCUT2D eigenvalue weighted by Crippen LogP contribution is 2.31. The van der Waals surface area contributed by atoms with E-state index in [1.165, 1.54) is 24.3 Å². The molecule has 0 spiro atoms. The number of aryl methyl sites for hydroxylation is 1. The highest BCUT2D eigenvalue weighted by molar-refractivity contribution is 5.89. The van der Waals surface area contributed by atoms with Gasteiger partial charge in [-0.2, -0.15) is 0 Å². The first-order valence-corrected chi connectivity index (χ1v) is 10.7. The Kier molecular flexibility index (Phi) is 5.57. The molecule has 0 aliphatic rings. The largest absolute Gasteiger partial charge is 0.361 e. The minimum absolute atomic E-state index is 0.0933. The van der Waals surface area contributed by atoms with Crippen molar-refractivity contribution in [2.75, 3.05) is 0 Å². The first kappa shape index (κ1) is 20.8. The lowest BCUT2D eigenvalue weighted by Crippen LogP contribution is -2.04. The Balaban J connectivity index is 1.39. The van der Waals surface area contributed by atoms with Crippen molar-refractivity contribution in [2.45, 2.75) is 19.3 Å². The summed E-state index contributed by atoms with van der Waals surface area (Å²) in [6.07, 6.45) is 2.91. The molecule has 164 valence electrons. The fourth-order valence-corrected chi connectivity index (χ4v) is 4.07. The van der Waals surface area contributed by atoms with Gasteiger partial charge in [0.05, 0.1) is 11.4 Å². The van der Waals surface area contributed by atoms with Crippen LogP contribution in [0.25, 0.3) is 33.4 Å². The second-order valence-corrected chi connectivity index (χ2v) is 8.00. The highest BCUT2D eigenvalue weighted by atomic mass is 19.1. The molecule has 4 nitrogen and oxygen atoms in total. The molecule has 0 amide bonds. The van der Waals surface area contributed by atoms with Crippen LogP contribution >= 0.6 is 0 Å². The van der Waals surface area contributed by atoms with Crippen molar-refractivity contribution >= 4 is 16.7 Å². The molecule has 0 fully saturated rings. The van der Waals surface area contributed by atoms with E-state index < -0.39 is 0 Å². The average molecular weight is 441 g/mol. The number of carbonyl (C=O) groups excluding carboxylic acids is 1. The van der Waals surface area contributed by atoms with E-state index in [1.807, 2.05) is 30.5 Å². The third kappa shape index (κ3) is 4.46. The first-order chi connectivity index (χ1) is 16.1. The van der Waals surface area contributed by atoms with E-state index in [-0.39, 0.29) is 17.4 Å². The molecule has 0 aliphatic carbocycles. The third-order valence-corrected chi connectivity index (χ3v) is 5.67. The molecule has 2 aromatic heterocycles. The number of hydrogen-bond donors (Lipinski definition) is 2. The summed E-state index contributed by atoms with van der Waals surface area (Å²) in [5.74, 6) is -0.0598. The summed E-state index contributed by atoms with van der Waals surface area (Å²) < 4.78 is 27.7. The maximum atomic E-state index is 13.9. The van der Waals surface area contributed by atoms with E-state index in [4.69, 9.17) is 0 Å². The Morgan fingerprint density at radius 1 is 0.879 bits per heavy atom. The molecule has 5 rings (SSSR count). The summed E-state index contributed by atoms with van der Waals surface area (Å²) in [6.45, 7) is 0. The Hall–Kier alpha value is -4.06. The number of nitrogens with zero attached hydrogens (tertiary/aromatic N) is 1. The van der Waals surface area contributed by atoms with Crippen molar-refractivity contribution in [1.29, 1.82) is 0 Å². The number of ketones is 1. The van der Waals surface area contributed by atoms with E-state index in [0.717, 1.165) is 16.5 Å². The maximum Gasteiger partial charge on any atom is 0.137 e. The molecule has 0 bridgehead atoms. The lowest BCUT2D eigenvalue weighted by molar-refractivity contribution is -0.118. The van der Waals surface area contributed by atoms with Crippen molar-refractivity contribution in [1.82, 2.24) is 15.0 Å². The highest BCUT2D eigenvalue weighted by Gasteiger charge is 2.16. The van der Waals surface area contributed by atoms with Crippen LogP contribution in [-0.4, -0.2) is 20.7 Å². The van der Waals surface area contributed by atoms with Crippen LogP contribution in [0.5, 0.6) is 0 Å². The average Bonchev–Trinajstić information content (AvgIpc) is 3.43. The van der Waals surface area contributed by atoms with Gasteiger partial charge in [-0.05, 0) is 35.9 Å². The molecular weight excluding hydrogens is 420 g/mol. The van der Waals surface area contributed by atoms with Crippen molar-refractivity contribution in [3.63, 3.8) is 0 Å². The number of Topliss-reactive ketones (excluding diaryl/α,β-unsaturated/α-hetero) is 1. The van der Waals surface area contributed by atoms with Crippen LogP contribution in [-0.2, 0) is 17.6 Å². The summed E-state index contributed by atoms with van der Waals surface area (Å²) >= 11 is 0. The second kappa shape index (κ2) is 8.82. The molecule has 2 heterocycles. The van der Waals surface area contributed by atoms with Gasteiger partial charge in [-0.3, -0.25) is 4.79 Å². The lowest BCUT2D eigenvalue weighted by Gasteiger charge is -2.03. The Labute approximate surface area is 189 Å². The minimum atomic E-state index is -0.379. The number of imidazole rings is 1. The molecular formula is C27H21F2N3O. The van der Waals surface area contributed by atoms with Crippen LogP contribution in [0.3, 0.4) is 0 Å². The van der Waals surface area contributed by atoms with Crippen molar-refractivity contribution in [2.24, 2.45) is 0 Å². The van der Waals surface area contributed by atoms with E-state index in [1.54, 1.807) is 24.3 Å². The summed E-state index contributed by atoms with van der Waals surface area (Å²) in [5.41, 5.74) is 4.29. The van der Waals surface area contributed by atoms with Gasteiger partial charge in [0.2, 0.25) is 0 Å². The van der Waals surface area contributed by atoms with Gasteiger partial charge in [-0.1, -0.05) is 42.5 Å².